The molecule has 6 rings (SSSR count). The fourth-order valence-corrected chi connectivity index (χ4v) is 7.10. The number of ether oxygens (including phenoxy) is 1. The molecule has 3 heterocycles. The number of carbonyl (C=O) groups excluding carboxylic acids is 2. The van der Waals surface area contributed by atoms with Gasteiger partial charge in [-0.05, 0) is 94.7 Å². The number of benzene rings is 3. The number of carbonyl (C=O) groups is 2. The molecule has 1 aromatic heterocycles. The van der Waals surface area contributed by atoms with E-state index in [4.69, 9.17) is 8.92 Å². The second-order valence-corrected chi connectivity index (χ2v) is 13.9. The third-order valence-corrected chi connectivity index (χ3v) is 9.27. The summed E-state index contributed by atoms with van der Waals surface area (Å²) in [5.74, 6) is -0.462. The molecule has 0 spiro atoms. The van der Waals surface area contributed by atoms with Crippen molar-refractivity contribution in [1.29, 1.82) is 5.26 Å². The van der Waals surface area contributed by atoms with Crippen LogP contribution in [0.2, 0.25) is 0 Å². The SMILES string of the molecule is CC(C)(C)OC(=O)n1c(-c2ccc(OS(=O)(=O)c3ccccc3C#N)c3c2C(=O)NC3)cc2cc(CN3CCCCC3)ccc21. The van der Waals surface area contributed by atoms with Crippen LogP contribution in [0, 0.1) is 11.3 Å². The molecule has 232 valence electrons. The molecule has 11 heteroatoms. The predicted molar refractivity (Wildman–Crippen MR) is 168 cm³/mol. The number of amides is 1. The summed E-state index contributed by atoms with van der Waals surface area (Å²) in [6, 6.07) is 18.5. The van der Waals surface area contributed by atoms with Gasteiger partial charge in [-0.3, -0.25) is 9.69 Å². The number of nitriles is 1. The molecule has 2 aliphatic rings. The van der Waals surface area contributed by atoms with Crippen molar-refractivity contribution < 1.29 is 26.9 Å². The van der Waals surface area contributed by atoms with E-state index in [1.807, 2.05) is 24.3 Å². The Morgan fingerprint density at radius 3 is 2.51 bits per heavy atom. The minimum Gasteiger partial charge on any atom is -0.443 e. The van der Waals surface area contributed by atoms with E-state index in [0.717, 1.165) is 30.6 Å². The summed E-state index contributed by atoms with van der Waals surface area (Å²) in [5, 5.41) is 13.0. The highest BCUT2D eigenvalue weighted by molar-refractivity contribution is 7.87. The molecule has 10 nitrogen and oxygen atoms in total. The molecule has 0 saturated carbocycles. The molecular weight excluding hydrogens is 592 g/mol. The number of rotatable bonds is 6. The molecule has 2 aliphatic heterocycles. The molecule has 0 radical (unpaired) electrons. The van der Waals surface area contributed by atoms with E-state index in [-0.39, 0.29) is 28.3 Å². The van der Waals surface area contributed by atoms with Crippen LogP contribution in [0.15, 0.2) is 65.6 Å². The summed E-state index contributed by atoms with van der Waals surface area (Å²) < 4.78 is 39.3. The summed E-state index contributed by atoms with van der Waals surface area (Å²) in [6.07, 6.45) is 3.01. The Hall–Kier alpha value is -4.66. The zero-order chi connectivity index (χ0) is 31.9. The van der Waals surface area contributed by atoms with E-state index in [9.17, 15) is 23.3 Å². The van der Waals surface area contributed by atoms with Crippen molar-refractivity contribution in [2.24, 2.45) is 0 Å². The molecular formula is C34H34N4O6S. The lowest BCUT2D eigenvalue weighted by atomic mass is 9.99. The van der Waals surface area contributed by atoms with E-state index in [1.54, 1.807) is 32.9 Å². The smallest absolute Gasteiger partial charge is 0.419 e. The summed E-state index contributed by atoms with van der Waals surface area (Å²) >= 11 is 0. The van der Waals surface area contributed by atoms with Crippen LogP contribution in [-0.2, 0) is 27.9 Å². The average Bonchev–Trinajstić information content (AvgIpc) is 3.58. The second-order valence-electron chi connectivity index (χ2n) is 12.4. The van der Waals surface area contributed by atoms with Gasteiger partial charge in [0.1, 0.15) is 22.3 Å². The number of nitrogens with one attached hydrogen (secondary N) is 1. The van der Waals surface area contributed by atoms with Crippen LogP contribution >= 0.6 is 0 Å². The van der Waals surface area contributed by atoms with Gasteiger partial charge in [0, 0.05) is 29.6 Å². The maximum atomic E-state index is 13.7. The van der Waals surface area contributed by atoms with E-state index in [2.05, 4.69) is 16.3 Å². The van der Waals surface area contributed by atoms with E-state index in [0.29, 0.717) is 22.3 Å². The van der Waals surface area contributed by atoms with Crippen LogP contribution in [0.25, 0.3) is 22.2 Å². The molecule has 1 saturated heterocycles. The number of nitrogens with zero attached hydrogens (tertiary/aromatic N) is 3. The van der Waals surface area contributed by atoms with Crippen LogP contribution < -0.4 is 9.50 Å². The summed E-state index contributed by atoms with van der Waals surface area (Å²) in [6.45, 7) is 8.29. The van der Waals surface area contributed by atoms with Crippen LogP contribution in [0.4, 0.5) is 4.79 Å². The largest absolute Gasteiger partial charge is 0.443 e. The van der Waals surface area contributed by atoms with Gasteiger partial charge in [0.05, 0.1) is 22.3 Å². The minimum atomic E-state index is -4.40. The maximum absolute atomic E-state index is 13.7. The predicted octanol–water partition coefficient (Wildman–Crippen LogP) is 5.96. The van der Waals surface area contributed by atoms with Crippen molar-refractivity contribution in [2.45, 2.75) is 63.6 Å². The average molecular weight is 627 g/mol. The zero-order valence-electron chi connectivity index (χ0n) is 25.4. The summed E-state index contributed by atoms with van der Waals surface area (Å²) in [5.41, 5.74) is 2.33. The highest BCUT2D eigenvalue weighted by Crippen LogP contribution is 2.39. The Morgan fingerprint density at radius 1 is 1.02 bits per heavy atom. The van der Waals surface area contributed by atoms with Gasteiger partial charge in [0.15, 0.2) is 0 Å². The molecule has 1 N–H and O–H groups in total. The maximum Gasteiger partial charge on any atom is 0.419 e. The first kappa shape index (κ1) is 30.4. The molecule has 1 fully saturated rings. The van der Waals surface area contributed by atoms with Gasteiger partial charge in [-0.2, -0.15) is 13.7 Å². The summed E-state index contributed by atoms with van der Waals surface area (Å²) in [7, 11) is -4.40. The van der Waals surface area contributed by atoms with Gasteiger partial charge in [-0.1, -0.05) is 24.6 Å². The number of hydrogen-bond acceptors (Lipinski definition) is 8. The van der Waals surface area contributed by atoms with Crippen LogP contribution in [0.1, 0.15) is 67.1 Å². The Labute approximate surface area is 262 Å². The molecule has 0 atom stereocenters. The molecule has 45 heavy (non-hydrogen) atoms. The normalized spacial score (nSPS) is 15.4. The number of fused-ring (bicyclic) bond motifs is 2. The van der Waals surface area contributed by atoms with E-state index < -0.39 is 27.7 Å². The first-order valence-corrected chi connectivity index (χ1v) is 16.3. The van der Waals surface area contributed by atoms with Gasteiger partial charge in [-0.15, -0.1) is 0 Å². The lowest BCUT2D eigenvalue weighted by Gasteiger charge is -2.26. The molecule has 0 unspecified atom stereocenters. The molecule has 0 bridgehead atoms. The van der Waals surface area contributed by atoms with Crippen molar-refractivity contribution in [3.8, 4) is 23.1 Å². The Kier molecular flexibility index (Phi) is 7.89. The van der Waals surface area contributed by atoms with Gasteiger partial charge < -0.3 is 14.2 Å². The van der Waals surface area contributed by atoms with Gasteiger partial charge >= 0.3 is 16.2 Å². The standard InChI is InChI=1S/C34H34N4O6S/c1-34(2,3)43-33(40)38-27-13-11-22(21-37-15-7-4-8-16-37)17-24(27)18-28(38)25-12-14-29(26-20-36-32(39)31(25)26)44-45(41,42)30-10-6-5-9-23(30)19-35/h5-6,9-14,17-18H,4,7-8,15-16,20-21H2,1-3H3,(H,36,39). The molecule has 3 aromatic carbocycles. The monoisotopic (exact) mass is 626 g/mol. The van der Waals surface area contributed by atoms with Gasteiger partial charge in [-0.25, -0.2) is 9.36 Å². The second kappa shape index (κ2) is 11.7. The number of aromatic nitrogens is 1. The Morgan fingerprint density at radius 2 is 1.78 bits per heavy atom. The molecule has 1 amide bonds. The lowest BCUT2D eigenvalue weighted by molar-refractivity contribution is 0.0546. The number of piperidine rings is 1. The van der Waals surface area contributed by atoms with Crippen molar-refractivity contribution in [3.05, 3.63) is 82.9 Å². The lowest BCUT2D eigenvalue weighted by Crippen LogP contribution is -2.29. The van der Waals surface area contributed by atoms with Crippen molar-refractivity contribution >= 4 is 33.0 Å². The summed E-state index contributed by atoms with van der Waals surface area (Å²) in [4.78, 5) is 29.1. The van der Waals surface area contributed by atoms with Crippen LogP contribution in [0.3, 0.4) is 0 Å². The van der Waals surface area contributed by atoms with Gasteiger partial charge in [0.25, 0.3) is 5.91 Å². The Balaban J connectivity index is 1.46. The highest BCUT2D eigenvalue weighted by atomic mass is 32.2. The van der Waals surface area contributed by atoms with E-state index in [1.165, 1.54) is 48.1 Å². The number of likely N-dealkylation sites (tertiary alicyclic amines) is 1. The fraction of sp³-hybridized carbons (Fsp3) is 0.324. The topological polar surface area (TPSA) is 131 Å². The third kappa shape index (κ3) is 6.03. The Bertz CT molecular complexity index is 1980. The molecule has 0 aliphatic carbocycles. The fourth-order valence-electron chi connectivity index (χ4n) is 5.99. The minimum absolute atomic E-state index is 0.0272. The molecule has 4 aromatic rings. The van der Waals surface area contributed by atoms with E-state index >= 15 is 0 Å². The first-order valence-electron chi connectivity index (χ1n) is 14.9. The van der Waals surface area contributed by atoms with Crippen LogP contribution in [-0.4, -0.2) is 48.6 Å². The quantitative estimate of drug-likeness (QED) is 0.260. The highest BCUT2D eigenvalue weighted by Gasteiger charge is 2.32. The third-order valence-electron chi connectivity index (χ3n) is 7.97. The van der Waals surface area contributed by atoms with Crippen molar-refractivity contribution in [2.75, 3.05) is 13.1 Å². The van der Waals surface area contributed by atoms with Crippen molar-refractivity contribution in [3.63, 3.8) is 0 Å². The van der Waals surface area contributed by atoms with Crippen molar-refractivity contribution in [1.82, 2.24) is 14.8 Å². The van der Waals surface area contributed by atoms with Crippen LogP contribution in [0.5, 0.6) is 5.75 Å². The zero-order valence-corrected chi connectivity index (χ0v) is 26.2. The number of hydrogen-bond donors (Lipinski definition) is 1. The first-order chi connectivity index (χ1) is 21.4. The van der Waals surface area contributed by atoms with Gasteiger partial charge in [0.2, 0.25) is 0 Å².